The molecule has 70 valence electrons. The van der Waals surface area contributed by atoms with E-state index in [-0.39, 0.29) is 0 Å². The van der Waals surface area contributed by atoms with Gasteiger partial charge in [-0.05, 0) is 71.4 Å². The average Bonchev–Trinajstić information content (AvgIpc) is 2.64. The zero-order valence-electron chi connectivity index (χ0n) is 6.34. The Bertz CT molecular complexity index is 323. The minimum absolute atomic E-state index is 1.17. The van der Waals surface area contributed by atoms with Gasteiger partial charge in [0.25, 0.3) is 0 Å². The molecule has 0 atom stereocenters. The molecular weight excluding hydrogens is 400 g/mol. The largest absolute Gasteiger partial charge is 0.137 e. The molecule has 2 rings (SSSR count). The Kier molecular flexibility index (Phi) is 5.82. The minimum Gasteiger partial charge on any atom is -0.137 e. The standard InChI is InChI=1S/C4H2Br2S.C4H3BrS/c5-3-1-2-4(6)7-3;5-4-2-1-3-6-4/h1-2H;1-3H. The Labute approximate surface area is 110 Å². The summed E-state index contributed by atoms with van der Waals surface area (Å²) in [6, 6.07) is 8.04. The molecule has 2 aromatic heterocycles. The van der Waals surface area contributed by atoms with E-state index < -0.39 is 0 Å². The Balaban J connectivity index is 0.000000132. The second kappa shape index (κ2) is 6.35. The van der Waals surface area contributed by atoms with Crippen molar-refractivity contribution in [3.05, 3.63) is 41.0 Å². The monoisotopic (exact) mass is 402 g/mol. The molecule has 0 aliphatic carbocycles. The van der Waals surface area contributed by atoms with E-state index in [9.17, 15) is 0 Å². The van der Waals surface area contributed by atoms with E-state index in [1.807, 2.05) is 29.6 Å². The molecule has 0 amide bonds. The number of hydrogen-bond acceptors (Lipinski definition) is 2. The molecule has 0 fully saturated rings. The van der Waals surface area contributed by atoms with Gasteiger partial charge in [-0.25, -0.2) is 0 Å². The maximum Gasteiger partial charge on any atom is 0.0710 e. The van der Waals surface area contributed by atoms with Crippen LogP contribution in [0.2, 0.25) is 0 Å². The maximum atomic E-state index is 3.32. The van der Waals surface area contributed by atoms with Gasteiger partial charge in [0, 0.05) is 0 Å². The van der Waals surface area contributed by atoms with Gasteiger partial charge in [-0.3, -0.25) is 0 Å². The van der Waals surface area contributed by atoms with Crippen LogP contribution in [0.4, 0.5) is 0 Å². The molecule has 0 N–H and O–H groups in total. The number of rotatable bonds is 0. The predicted molar refractivity (Wildman–Crippen MR) is 71.7 cm³/mol. The molecule has 5 heteroatoms. The van der Waals surface area contributed by atoms with Crippen molar-refractivity contribution in [3.63, 3.8) is 0 Å². The predicted octanol–water partition coefficient (Wildman–Crippen LogP) is 5.78. The van der Waals surface area contributed by atoms with Crippen LogP contribution < -0.4 is 0 Å². The first kappa shape index (κ1) is 11.9. The van der Waals surface area contributed by atoms with Gasteiger partial charge in [0.05, 0.1) is 11.4 Å². The smallest absolute Gasteiger partial charge is 0.0710 e. The fourth-order valence-corrected chi connectivity index (χ4v) is 3.89. The Morgan fingerprint density at radius 2 is 1.46 bits per heavy atom. The molecule has 0 aliphatic heterocycles. The lowest BCUT2D eigenvalue weighted by Gasteiger charge is -1.67. The Morgan fingerprint density at radius 1 is 0.846 bits per heavy atom. The van der Waals surface area contributed by atoms with Crippen LogP contribution in [0.1, 0.15) is 0 Å². The van der Waals surface area contributed by atoms with E-state index in [4.69, 9.17) is 0 Å². The normalized spacial score (nSPS) is 9.15. The molecule has 0 bridgehead atoms. The Morgan fingerprint density at radius 3 is 1.62 bits per heavy atom. The van der Waals surface area contributed by atoms with E-state index in [0.717, 1.165) is 0 Å². The summed E-state index contributed by atoms with van der Waals surface area (Å²) in [6.45, 7) is 0. The summed E-state index contributed by atoms with van der Waals surface area (Å²) >= 11 is 13.3. The van der Waals surface area contributed by atoms with Crippen molar-refractivity contribution in [2.45, 2.75) is 0 Å². The SMILES string of the molecule is Brc1ccc(Br)s1.Brc1cccs1. The quantitative estimate of drug-likeness (QED) is 0.521. The fourth-order valence-electron chi connectivity index (χ4n) is 0.551. The van der Waals surface area contributed by atoms with Gasteiger partial charge in [-0.1, -0.05) is 6.07 Å². The number of hydrogen-bond donors (Lipinski definition) is 0. The lowest BCUT2D eigenvalue weighted by Crippen LogP contribution is -1.30. The average molecular weight is 405 g/mol. The molecule has 0 saturated carbocycles. The first-order valence-electron chi connectivity index (χ1n) is 3.28. The van der Waals surface area contributed by atoms with Crippen molar-refractivity contribution in [1.29, 1.82) is 0 Å². The number of thiophene rings is 2. The van der Waals surface area contributed by atoms with Crippen LogP contribution in [0.3, 0.4) is 0 Å². The van der Waals surface area contributed by atoms with Crippen LogP contribution in [0.5, 0.6) is 0 Å². The van der Waals surface area contributed by atoms with Gasteiger partial charge in [-0.2, -0.15) is 0 Å². The van der Waals surface area contributed by atoms with Crippen LogP contribution >= 0.6 is 70.5 Å². The van der Waals surface area contributed by atoms with E-state index in [1.54, 1.807) is 22.7 Å². The molecule has 13 heavy (non-hydrogen) atoms. The third-order valence-electron chi connectivity index (χ3n) is 1.03. The number of halogens is 3. The molecule has 0 aromatic carbocycles. The van der Waals surface area contributed by atoms with Gasteiger partial charge in [0.1, 0.15) is 0 Å². The van der Waals surface area contributed by atoms with Crippen LogP contribution in [0, 0.1) is 0 Å². The topological polar surface area (TPSA) is 0 Å². The Hall–Kier alpha value is 0.840. The van der Waals surface area contributed by atoms with Gasteiger partial charge in [0.2, 0.25) is 0 Å². The zero-order valence-corrected chi connectivity index (χ0v) is 12.7. The van der Waals surface area contributed by atoms with E-state index in [2.05, 4.69) is 47.8 Å². The second-order valence-corrected chi connectivity index (χ2v) is 8.13. The highest BCUT2D eigenvalue weighted by molar-refractivity contribution is 9.12. The van der Waals surface area contributed by atoms with Gasteiger partial charge < -0.3 is 0 Å². The molecule has 0 unspecified atom stereocenters. The van der Waals surface area contributed by atoms with E-state index in [1.165, 1.54) is 11.4 Å². The molecule has 0 radical (unpaired) electrons. The first-order chi connectivity index (χ1) is 6.18. The summed E-state index contributed by atoms with van der Waals surface area (Å²) in [5, 5.41) is 2.03. The third-order valence-corrected chi connectivity index (χ3v) is 4.67. The molecule has 0 spiro atoms. The highest BCUT2D eigenvalue weighted by atomic mass is 79.9. The van der Waals surface area contributed by atoms with Crippen LogP contribution in [0.15, 0.2) is 41.0 Å². The molecule has 0 aliphatic rings. The summed E-state index contributed by atoms with van der Waals surface area (Å²) in [6.07, 6.45) is 0. The third kappa shape index (κ3) is 5.32. The highest BCUT2D eigenvalue weighted by Crippen LogP contribution is 2.26. The van der Waals surface area contributed by atoms with E-state index in [0.29, 0.717) is 0 Å². The summed E-state index contributed by atoms with van der Waals surface area (Å²) in [4.78, 5) is 0. The lowest BCUT2D eigenvalue weighted by molar-refractivity contribution is 1.93. The lowest BCUT2D eigenvalue weighted by atomic mass is 10.7. The summed E-state index contributed by atoms with van der Waals surface area (Å²) in [7, 11) is 0. The summed E-state index contributed by atoms with van der Waals surface area (Å²) in [5.74, 6) is 0. The van der Waals surface area contributed by atoms with Gasteiger partial charge in [-0.15, -0.1) is 22.7 Å². The van der Waals surface area contributed by atoms with Gasteiger partial charge >= 0.3 is 0 Å². The van der Waals surface area contributed by atoms with Crippen molar-refractivity contribution < 1.29 is 0 Å². The maximum absolute atomic E-state index is 3.32. The van der Waals surface area contributed by atoms with Crippen molar-refractivity contribution in [3.8, 4) is 0 Å². The molecule has 2 aromatic rings. The molecule has 2 heterocycles. The van der Waals surface area contributed by atoms with Crippen LogP contribution in [-0.2, 0) is 0 Å². The highest BCUT2D eigenvalue weighted by Gasteiger charge is 1.88. The summed E-state index contributed by atoms with van der Waals surface area (Å²) in [5.41, 5.74) is 0. The van der Waals surface area contributed by atoms with Crippen molar-refractivity contribution in [1.82, 2.24) is 0 Å². The van der Waals surface area contributed by atoms with Gasteiger partial charge in [0.15, 0.2) is 0 Å². The van der Waals surface area contributed by atoms with Crippen LogP contribution in [-0.4, -0.2) is 0 Å². The molecular formula is C8H5Br3S2. The van der Waals surface area contributed by atoms with Crippen molar-refractivity contribution in [2.24, 2.45) is 0 Å². The zero-order chi connectivity index (χ0) is 9.68. The van der Waals surface area contributed by atoms with Crippen molar-refractivity contribution >= 4 is 70.5 Å². The van der Waals surface area contributed by atoms with Crippen LogP contribution in [0.25, 0.3) is 0 Å². The van der Waals surface area contributed by atoms with E-state index >= 15 is 0 Å². The summed E-state index contributed by atoms with van der Waals surface area (Å²) < 4.78 is 3.53. The second-order valence-electron chi connectivity index (χ2n) is 1.96. The molecule has 0 saturated heterocycles. The molecule has 0 nitrogen and oxygen atoms in total. The first-order valence-corrected chi connectivity index (χ1v) is 7.36. The van der Waals surface area contributed by atoms with Crippen molar-refractivity contribution in [2.75, 3.05) is 0 Å². The minimum atomic E-state index is 1.17. The fraction of sp³-hybridized carbons (Fsp3) is 0.